The highest BCUT2D eigenvalue weighted by Gasteiger charge is 2.14. The van der Waals surface area contributed by atoms with Gasteiger partial charge in [0.1, 0.15) is 0 Å². The number of aliphatic hydroxyl groups excluding tert-OH is 1. The minimum atomic E-state index is -0.163. The zero-order valence-corrected chi connectivity index (χ0v) is 13.0. The third-order valence-corrected chi connectivity index (χ3v) is 3.94. The van der Waals surface area contributed by atoms with E-state index in [4.69, 9.17) is 23.2 Å². The van der Waals surface area contributed by atoms with Gasteiger partial charge in [0.05, 0.1) is 17.3 Å². The van der Waals surface area contributed by atoms with Gasteiger partial charge in [-0.25, -0.2) is 9.97 Å². The SMILES string of the molecule is OCc1cnc(-c2ccccc2Cl)nc1-c1ccccc1Cl. The van der Waals surface area contributed by atoms with Crippen LogP contribution in [0, 0.1) is 0 Å². The van der Waals surface area contributed by atoms with E-state index in [-0.39, 0.29) is 6.61 Å². The van der Waals surface area contributed by atoms with Crippen LogP contribution in [0.4, 0.5) is 0 Å². The van der Waals surface area contributed by atoms with Crippen molar-refractivity contribution in [2.75, 3.05) is 0 Å². The van der Waals surface area contributed by atoms with Gasteiger partial charge in [-0.05, 0) is 18.2 Å². The van der Waals surface area contributed by atoms with Crippen LogP contribution in [-0.2, 0) is 6.61 Å². The van der Waals surface area contributed by atoms with Gasteiger partial charge in [-0.2, -0.15) is 0 Å². The molecule has 0 atom stereocenters. The quantitative estimate of drug-likeness (QED) is 0.762. The van der Waals surface area contributed by atoms with Gasteiger partial charge in [0, 0.05) is 27.9 Å². The van der Waals surface area contributed by atoms with Crippen molar-refractivity contribution < 1.29 is 5.11 Å². The van der Waals surface area contributed by atoms with Gasteiger partial charge in [0.15, 0.2) is 5.82 Å². The first-order chi connectivity index (χ1) is 10.7. The number of hydrogen-bond acceptors (Lipinski definition) is 3. The maximum atomic E-state index is 9.54. The Labute approximate surface area is 138 Å². The van der Waals surface area contributed by atoms with Gasteiger partial charge in [-0.1, -0.05) is 53.5 Å². The van der Waals surface area contributed by atoms with Crippen molar-refractivity contribution in [1.29, 1.82) is 0 Å². The molecule has 2 aromatic carbocycles. The molecular formula is C17H12Cl2N2O. The Morgan fingerprint density at radius 1 is 0.864 bits per heavy atom. The van der Waals surface area contributed by atoms with Crippen LogP contribution in [0.5, 0.6) is 0 Å². The summed E-state index contributed by atoms with van der Waals surface area (Å²) in [7, 11) is 0. The zero-order valence-electron chi connectivity index (χ0n) is 11.5. The summed E-state index contributed by atoms with van der Waals surface area (Å²) in [5.41, 5.74) is 2.72. The second kappa shape index (κ2) is 6.44. The third-order valence-electron chi connectivity index (χ3n) is 3.28. The second-order valence-electron chi connectivity index (χ2n) is 4.69. The van der Waals surface area contributed by atoms with Crippen LogP contribution in [0.2, 0.25) is 10.0 Å². The average molecular weight is 331 g/mol. The summed E-state index contributed by atoms with van der Waals surface area (Å²) in [6, 6.07) is 14.7. The van der Waals surface area contributed by atoms with E-state index in [1.165, 1.54) is 0 Å². The molecule has 22 heavy (non-hydrogen) atoms. The molecule has 1 heterocycles. The van der Waals surface area contributed by atoms with E-state index in [1.54, 1.807) is 18.3 Å². The summed E-state index contributed by atoms with van der Waals surface area (Å²) >= 11 is 12.5. The Hall–Kier alpha value is -1.94. The summed E-state index contributed by atoms with van der Waals surface area (Å²) < 4.78 is 0. The lowest BCUT2D eigenvalue weighted by molar-refractivity contribution is 0.281. The minimum Gasteiger partial charge on any atom is -0.392 e. The monoisotopic (exact) mass is 330 g/mol. The molecule has 0 amide bonds. The molecule has 0 aliphatic heterocycles. The van der Waals surface area contributed by atoms with E-state index >= 15 is 0 Å². The topological polar surface area (TPSA) is 46.0 Å². The fourth-order valence-electron chi connectivity index (χ4n) is 2.18. The van der Waals surface area contributed by atoms with Gasteiger partial charge in [-0.3, -0.25) is 0 Å². The van der Waals surface area contributed by atoms with Crippen LogP contribution in [0.15, 0.2) is 54.7 Å². The first-order valence-corrected chi connectivity index (χ1v) is 7.43. The predicted molar refractivity (Wildman–Crippen MR) is 88.8 cm³/mol. The molecule has 0 aliphatic rings. The van der Waals surface area contributed by atoms with Crippen molar-refractivity contribution in [2.45, 2.75) is 6.61 Å². The molecule has 1 N–H and O–H groups in total. The van der Waals surface area contributed by atoms with Crippen molar-refractivity contribution >= 4 is 23.2 Å². The number of aliphatic hydroxyl groups is 1. The number of rotatable bonds is 3. The van der Waals surface area contributed by atoms with Gasteiger partial charge in [0.2, 0.25) is 0 Å². The lowest BCUT2D eigenvalue weighted by atomic mass is 10.1. The highest BCUT2D eigenvalue weighted by molar-refractivity contribution is 6.33. The van der Waals surface area contributed by atoms with Crippen LogP contribution in [0.3, 0.4) is 0 Å². The van der Waals surface area contributed by atoms with E-state index in [0.29, 0.717) is 27.1 Å². The summed E-state index contributed by atoms with van der Waals surface area (Å²) in [6.07, 6.45) is 1.60. The number of halogens is 2. The summed E-state index contributed by atoms with van der Waals surface area (Å²) in [6.45, 7) is -0.163. The number of aromatic nitrogens is 2. The normalized spacial score (nSPS) is 10.7. The zero-order chi connectivity index (χ0) is 15.5. The molecule has 0 saturated carbocycles. The fourth-order valence-corrected chi connectivity index (χ4v) is 2.63. The Bertz CT molecular complexity index is 821. The largest absolute Gasteiger partial charge is 0.392 e. The van der Waals surface area contributed by atoms with E-state index in [0.717, 1.165) is 11.1 Å². The molecule has 3 nitrogen and oxygen atoms in total. The fraction of sp³-hybridized carbons (Fsp3) is 0.0588. The Balaban J connectivity index is 2.20. The molecule has 5 heteroatoms. The molecule has 0 bridgehead atoms. The molecule has 0 fully saturated rings. The number of hydrogen-bond donors (Lipinski definition) is 1. The van der Waals surface area contributed by atoms with Gasteiger partial charge < -0.3 is 5.11 Å². The maximum absolute atomic E-state index is 9.54. The number of nitrogens with zero attached hydrogens (tertiary/aromatic N) is 2. The molecule has 3 aromatic rings. The van der Waals surface area contributed by atoms with E-state index in [2.05, 4.69) is 9.97 Å². The molecule has 1 aromatic heterocycles. The standard InChI is InChI=1S/C17H12Cl2N2O/c18-14-7-3-1-5-12(14)16-11(10-22)9-20-17(21-16)13-6-2-4-8-15(13)19/h1-9,22H,10H2. The summed E-state index contributed by atoms with van der Waals surface area (Å²) in [4.78, 5) is 8.86. The average Bonchev–Trinajstić information content (AvgIpc) is 2.55. The minimum absolute atomic E-state index is 0.163. The molecule has 110 valence electrons. The first kappa shape index (κ1) is 15.0. The van der Waals surface area contributed by atoms with Crippen LogP contribution < -0.4 is 0 Å². The van der Waals surface area contributed by atoms with Crippen LogP contribution in [0.1, 0.15) is 5.56 Å². The van der Waals surface area contributed by atoms with Crippen LogP contribution >= 0.6 is 23.2 Å². The molecule has 0 radical (unpaired) electrons. The van der Waals surface area contributed by atoms with Crippen molar-refractivity contribution in [3.05, 3.63) is 70.3 Å². The lowest BCUT2D eigenvalue weighted by Gasteiger charge is -2.11. The third kappa shape index (κ3) is 2.83. The van der Waals surface area contributed by atoms with Gasteiger partial charge in [-0.15, -0.1) is 0 Å². The highest BCUT2D eigenvalue weighted by atomic mass is 35.5. The Morgan fingerprint density at radius 2 is 1.45 bits per heavy atom. The van der Waals surface area contributed by atoms with E-state index < -0.39 is 0 Å². The van der Waals surface area contributed by atoms with Gasteiger partial charge in [0.25, 0.3) is 0 Å². The smallest absolute Gasteiger partial charge is 0.161 e. The lowest BCUT2D eigenvalue weighted by Crippen LogP contribution is -1.99. The molecule has 0 spiro atoms. The summed E-state index contributed by atoms with van der Waals surface area (Å²) in [5, 5.41) is 10.7. The highest BCUT2D eigenvalue weighted by Crippen LogP contribution is 2.31. The van der Waals surface area contributed by atoms with Crippen molar-refractivity contribution in [1.82, 2.24) is 9.97 Å². The van der Waals surface area contributed by atoms with Crippen molar-refractivity contribution in [3.8, 4) is 22.6 Å². The van der Waals surface area contributed by atoms with Crippen LogP contribution in [0.25, 0.3) is 22.6 Å². The maximum Gasteiger partial charge on any atom is 0.161 e. The van der Waals surface area contributed by atoms with Gasteiger partial charge >= 0.3 is 0 Å². The van der Waals surface area contributed by atoms with E-state index in [1.807, 2.05) is 36.4 Å². The molecular weight excluding hydrogens is 319 g/mol. The number of benzene rings is 2. The first-order valence-electron chi connectivity index (χ1n) is 6.67. The van der Waals surface area contributed by atoms with Crippen molar-refractivity contribution in [3.63, 3.8) is 0 Å². The Morgan fingerprint density at radius 3 is 2.05 bits per heavy atom. The molecule has 0 unspecified atom stereocenters. The Kier molecular flexibility index (Phi) is 4.39. The predicted octanol–water partition coefficient (Wildman–Crippen LogP) is 4.61. The molecule has 3 rings (SSSR count). The van der Waals surface area contributed by atoms with Crippen LogP contribution in [-0.4, -0.2) is 15.1 Å². The second-order valence-corrected chi connectivity index (χ2v) is 5.50. The summed E-state index contributed by atoms with van der Waals surface area (Å²) in [5.74, 6) is 0.498. The van der Waals surface area contributed by atoms with E-state index in [9.17, 15) is 5.11 Å². The van der Waals surface area contributed by atoms with Crippen molar-refractivity contribution in [2.24, 2.45) is 0 Å². The molecule has 0 aliphatic carbocycles. The molecule has 0 saturated heterocycles.